The lowest BCUT2D eigenvalue weighted by molar-refractivity contribution is 0.408. The summed E-state index contributed by atoms with van der Waals surface area (Å²) in [6.07, 6.45) is 0.176. The number of hydrogen-bond acceptors (Lipinski definition) is 1. The Hall–Kier alpha value is -1.26. The van der Waals surface area contributed by atoms with Crippen molar-refractivity contribution in [3.63, 3.8) is 0 Å². The lowest BCUT2D eigenvalue weighted by atomic mass is 10.1. The van der Waals surface area contributed by atoms with Gasteiger partial charge in [0.15, 0.2) is 23.3 Å². The van der Waals surface area contributed by atoms with Crippen molar-refractivity contribution in [1.29, 1.82) is 0 Å². The summed E-state index contributed by atoms with van der Waals surface area (Å²) in [4.78, 5) is 0. The fourth-order valence-electron chi connectivity index (χ4n) is 1.41. The number of benzene rings is 1. The summed E-state index contributed by atoms with van der Waals surface area (Å²) in [6.45, 7) is 0.298. The zero-order chi connectivity index (χ0) is 9.59. The minimum absolute atomic E-state index is 0.114. The molecular formula is C8H5F4N. The molecule has 0 aromatic heterocycles. The molecule has 1 aromatic carbocycles. The molecule has 0 amide bonds. The average Bonchev–Trinajstić information content (AvgIpc) is 2.59. The van der Waals surface area contributed by atoms with E-state index in [1.54, 1.807) is 0 Å². The normalized spacial score (nSPS) is 14.2. The van der Waals surface area contributed by atoms with Crippen LogP contribution in [0.15, 0.2) is 0 Å². The molecule has 1 N–H and O–H groups in total. The maximum atomic E-state index is 12.9. The Morgan fingerprint density at radius 2 is 1.46 bits per heavy atom. The van der Waals surface area contributed by atoms with Gasteiger partial charge in [-0.25, -0.2) is 17.6 Å². The van der Waals surface area contributed by atoms with Gasteiger partial charge in [0.25, 0.3) is 0 Å². The third kappa shape index (κ3) is 0.993. The van der Waals surface area contributed by atoms with Crippen LogP contribution >= 0.6 is 0 Å². The summed E-state index contributed by atoms with van der Waals surface area (Å²) in [5.41, 5.74) is -0.368. The Balaban J connectivity index is 2.77. The van der Waals surface area contributed by atoms with Crippen LogP contribution in [0, 0.1) is 23.3 Å². The zero-order valence-corrected chi connectivity index (χ0v) is 6.43. The van der Waals surface area contributed by atoms with E-state index < -0.39 is 23.3 Å². The molecule has 0 atom stereocenters. The highest BCUT2D eigenvalue weighted by Crippen LogP contribution is 2.31. The first-order valence-electron chi connectivity index (χ1n) is 3.71. The number of nitrogens with one attached hydrogen (secondary N) is 1. The molecule has 1 nitrogen and oxygen atoms in total. The minimum atomic E-state index is -1.76. The van der Waals surface area contributed by atoms with E-state index in [1.165, 1.54) is 0 Å². The topological polar surface area (TPSA) is 12.0 Å². The predicted octanol–water partition coefficient (Wildman–Crippen LogP) is 2.21. The molecule has 1 aliphatic rings. The Labute approximate surface area is 71.4 Å². The quantitative estimate of drug-likeness (QED) is 0.376. The zero-order valence-electron chi connectivity index (χ0n) is 6.43. The van der Waals surface area contributed by atoms with Crippen molar-refractivity contribution < 1.29 is 17.6 Å². The first-order chi connectivity index (χ1) is 6.13. The van der Waals surface area contributed by atoms with Gasteiger partial charge in [0, 0.05) is 12.1 Å². The van der Waals surface area contributed by atoms with E-state index in [0.717, 1.165) is 0 Å². The monoisotopic (exact) mass is 191 g/mol. The molecular weight excluding hydrogens is 186 g/mol. The van der Waals surface area contributed by atoms with E-state index in [-0.39, 0.29) is 17.7 Å². The smallest absolute Gasteiger partial charge is 0.199 e. The maximum Gasteiger partial charge on any atom is 0.199 e. The van der Waals surface area contributed by atoms with Crippen molar-refractivity contribution in [3.05, 3.63) is 28.8 Å². The van der Waals surface area contributed by atoms with Crippen LogP contribution < -0.4 is 5.32 Å². The van der Waals surface area contributed by atoms with Crippen LogP contribution in [0.1, 0.15) is 5.56 Å². The molecule has 2 rings (SSSR count). The standard InChI is InChI=1S/C8H5F4N/c9-4-3-1-2-13-8(3)7(12)6(11)5(4)10/h13H,1-2H2. The number of halogens is 4. The molecule has 0 saturated carbocycles. The molecule has 0 bridgehead atoms. The predicted molar refractivity (Wildman–Crippen MR) is 38.5 cm³/mol. The van der Waals surface area contributed by atoms with E-state index in [1.807, 2.05) is 0 Å². The summed E-state index contributed by atoms with van der Waals surface area (Å²) in [5.74, 6) is -6.13. The first kappa shape index (κ1) is 8.34. The van der Waals surface area contributed by atoms with Crippen molar-refractivity contribution in [3.8, 4) is 0 Å². The first-order valence-corrected chi connectivity index (χ1v) is 3.71. The van der Waals surface area contributed by atoms with E-state index in [2.05, 4.69) is 5.32 Å². The highest BCUT2D eigenvalue weighted by atomic mass is 19.2. The summed E-state index contributed by atoms with van der Waals surface area (Å²) < 4.78 is 51.1. The molecule has 0 aliphatic carbocycles. The second-order valence-corrected chi connectivity index (χ2v) is 2.79. The lowest BCUT2D eigenvalue weighted by Crippen LogP contribution is -2.01. The Bertz CT molecular complexity index is 340. The molecule has 1 heterocycles. The van der Waals surface area contributed by atoms with Crippen LogP contribution in [0.25, 0.3) is 0 Å². The second-order valence-electron chi connectivity index (χ2n) is 2.79. The van der Waals surface area contributed by atoms with Crippen LogP contribution in [0.3, 0.4) is 0 Å². The van der Waals surface area contributed by atoms with Crippen molar-refractivity contribution in [2.45, 2.75) is 6.42 Å². The van der Waals surface area contributed by atoms with Gasteiger partial charge in [-0.1, -0.05) is 0 Å². The summed E-state index contributed by atoms with van der Waals surface area (Å²) in [6, 6.07) is 0. The van der Waals surface area contributed by atoms with Gasteiger partial charge in [0.05, 0.1) is 5.69 Å². The highest BCUT2D eigenvalue weighted by Gasteiger charge is 2.27. The minimum Gasteiger partial charge on any atom is -0.382 e. The second kappa shape index (κ2) is 2.61. The van der Waals surface area contributed by atoms with E-state index >= 15 is 0 Å². The van der Waals surface area contributed by atoms with Gasteiger partial charge in [0.1, 0.15) is 0 Å². The Kier molecular flexibility index (Phi) is 1.68. The van der Waals surface area contributed by atoms with E-state index in [0.29, 0.717) is 6.54 Å². The summed E-state index contributed by atoms with van der Waals surface area (Å²) >= 11 is 0. The fraction of sp³-hybridized carbons (Fsp3) is 0.250. The van der Waals surface area contributed by atoms with Crippen LogP contribution in [0.2, 0.25) is 0 Å². The van der Waals surface area contributed by atoms with Crippen molar-refractivity contribution in [2.75, 3.05) is 11.9 Å². The van der Waals surface area contributed by atoms with Crippen LogP contribution in [0.4, 0.5) is 23.2 Å². The van der Waals surface area contributed by atoms with Gasteiger partial charge in [-0.05, 0) is 6.42 Å². The van der Waals surface area contributed by atoms with Gasteiger partial charge in [0.2, 0.25) is 0 Å². The molecule has 0 spiro atoms. The Morgan fingerprint density at radius 3 is 2.15 bits per heavy atom. The molecule has 0 fully saturated rings. The summed E-state index contributed by atoms with van der Waals surface area (Å²) in [7, 11) is 0. The maximum absolute atomic E-state index is 12.9. The summed E-state index contributed by atoms with van der Waals surface area (Å²) in [5, 5.41) is 2.46. The molecule has 0 radical (unpaired) electrons. The van der Waals surface area contributed by atoms with Crippen molar-refractivity contribution in [1.82, 2.24) is 0 Å². The molecule has 13 heavy (non-hydrogen) atoms. The number of anilines is 1. The number of fused-ring (bicyclic) bond motifs is 1. The Morgan fingerprint density at radius 1 is 0.846 bits per heavy atom. The van der Waals surface area contributed by atoms with Crippen LogP contribution in [-0.4, -0.2) is 6.54 Å². The van der Waals surface area contributed by atoms with Gasteiger partial charge in [-0.15, -0.1) is 0 Å². The fourth-order valence-corrected chi connectivity index (χ4v) is 1.41. The largest absolute Gasteiger partial charge is 0.382 e. The van der Waals surface area contributed by atoms with Gasteiger partial charge in [-0.2, -0.15) is 0 Å². The van der Waals surface area contributed by atoms with Crippen LogP contribution in [0.5, 0.6) is 0 Å². The average molecular weight is 191 g/mol. The molecule has 5 heteroatoms. The number of hydrogen-bond donors (Lipinski definition) is 1. The third-order valence-corrected chi connectivity index (χ3v) is 2.04. The van der Waals surface area contributed by atoms with Gasteiger partial charge < -0.3 is 5.32 Å². The van der Waals surface area contributed by atoms with Gasteiger partial charge >= 0.3 is 0 Å². The molecule has 70 valence electrons. The highest BCUT2D eigenvalue weighted by molar-refractivity contribution is 5.57. The molecule has 0 saturated heterocycles. The van der Waals surface area contributed by atoms with Crippen LogP contribution in [-0.2, 0) is 6.42 Å². The molecule has 1 aromatic rings. The third-order valence-electron chi connectivity index (χ3n) is 2.04. The van der Waals surface area contributed by atoms with Crippen molar-refractivity contribution >= 4 is 5.69 Å². The van der Waals surface area contributed by atoms with E-state index in [4.69, 9.17) is 0 Å². The lowest BCUT2D eigenvalue weighted by Gasteiger charge is -2.04. The number of rotatable bonds is 0. The van der Waals surface area contributed by atoms with Crippen molar-refractivity contribution in [2.24, 2.45) is 0 Å². The van der Waals surface area contributed by atoms with E-state index in [9.17, 15) is 17.6 Å². The molecule has 1 aliphatic heterocycles. The molecule has 0 unspecified atom stereocenters. The van der Waals surface area contributed by atoms with Gasteiger partial charge in [-0.3, -0.25) is 0 Å². The SMILES string of the molecule is Fc1c(F)c(F)c2c(c1F)CCN2.